The summed E-state index contributed by atoms with van der Waals surface area (Å²) >= 11 is 0. The number of nitrogens with one attached hydrogen (secondary N) is 1. The first-order valence-corrected chi connectivity index (χ1v) is 9.55. The zero-order chi connectivity index (χ0) is 16.6. The standard InChI is InChI=1S/C16H21N3O3S/c1-18-11-14(13-7-3-4-8-15(13)18)16(20)19-9-5-6-12(10-19)17-23(2,21)22/h3-4,7-8,11-12,17H,5-6,9-10H2,1-2H3/t12-/m1/s1. The molecule has 0 saturated carbocycles. The Bertz CT molecular complexity index is 841. The van der Waals surface area contributed by atoms with E-state index < -0.39 is 10.0 Å². The van der Waals surface area contributed by atoms with Crippen LogP contribution in [0.4, 0.5) is 0 Å². The molecule has 1 aliphatic heterocycles. The molecule has 0 bridgehead atoms. The van der Waals surface area contributed by atoms with E-state index in [1.165, 1.54) is 0 Å². The zero-order valence-corrected chi connectivity index (χ0v) is 14.1. The largest absolute Gasteiger partial charge is 0.350 e. The van der Waals surface area contributed by atoms with Gasteiger partial charge in [0.25, 0.3) is 5.91 Å². The molecule has 6 nitrogen and oxygen atoms in total. The van der Waals surface area contributed by atoms with Gasteiger partial charge in [0.05, 0.1) is 11.8 Å². The Hall–Kier alpha value is -1.86. The van der Waals surface area contributed by atoms with Crippen molar-refractivity contribution in [1.82, 2.24) is 14.2 Å². The van der Waals surface area contributed by atoms with E-state index in [-0.39, 0.29) is 11.9 Å². The number of likely N-dealkylation sites (tertiary alicyclic amines) is 1. The van der Waals surface area contributed by atoms with E-state index in [2.05, 4.69) is 4.72 Å². The van der Waals surface area contributed by atoms with E-state index in [9.17, 15) is 13.2 Å². The summed E-state index contributed by atoms with van der Waals surface area (Å²) in [5, 5.41) is 0.929. The monoisotopic (exact) mass is 335 g/mol. The summed E-state index contributed by atoms with van der Waals surface area (Å²) in [7, 11) is -1.34. The molecule has 0 unspecified atom stereocenters. The number of carbonyl (C=O) groups is 1. The molecule has 0 aliphatic carbocycles. The van der Waals surface area contributed by atoms with Crippen LogP contribution < -0.4 is 4.72 Å². The second-order valence-electron chi connectivity index (χ2n) is 6.15. The SMILES string of the molecule is Cn1cc(C(=O)N2CCC[C@@H](NS(C)(=O)=O)C2)c2ccccc21. The van der Waals surface area contributed by atoms with Crippen LogP contribution in [0.1, 0.15) is 23.2 Å². The highest BCUT2D eigenvalue weighted by molar-refractivity contribution is 7.88. The fourth-order valence-electron chi connectivity index (χ4n) is 3.24. The molecule has 1 saturated heterocycles. The second kappa shape index (κ2) is 5.98. The fourth-order valence-corrected chi connectivity index (χ4v) is 4.04. The fraction of sp³-hybridized carbons (Fsp3) is 0.438. The topological polar surface area (TPSA) is 71.4 Å². The summed E-state index contributed by atoms with van der Waals surface area (Å²) in [6.45, 7) is 1.07. The van der Waals surface area contributed by atoms with Crippen LogP contribution in [0.3, 0.4) is 0 Å². The van der Waals surface area contributed by atoms with Crippen LogP contribution in [-0.4, -0.2) is 49.2 Å². The van der Waals surface area contributed by atoms with Crippen LogP contribution in [0.25, 0.3) is 10.9 Å². The minimum atomic E-state index is -3.26. The van der Waals surface area contributed by atoms with Crippen molar-refractivity contribution in [2.24, 2.45) is 7.05 Å². The average molecular weight is 335 g/mol. The molecule has 2 heterocycles. The summed E-state index contributed by atoms with van der Waals surface area (Å²) in [4.78, 5) is 14.6. The third-order valence-corrected chi connectivity index (χ3v) is 4.98. The lowest BCUT2D eigenvalue weighted by Gasteiger charge is -2.32. The van der Waals surface area contributed by atoms with Gasteiger partial charge in [-0.25, -0.2) is 13.1 Å². The number of rotatable bonds is 3. The third-order valence-electron chi connectivity index (χ3n) is 4.22. The van der Waals surface area contributed by atoms with Crippen molar-refractivity contribution in [3.8, 4) is 0 Å². The van der Waals surface area contributed by atoms with E-state index in [0.717, 1.165) is 30.0 Å². The van der Waals surface area contributed by atoms with Gasteiger partial charge in [0, 0.05) is 43.3 Å². The van der Waals surface area contributed by atoms with Crippen molar-refractivity contribution in [1.29, 1.82) is 0 Å². The van der Waals surface area contributed by atoms with Crippen LogP contribution in [0.2, 0.25) is 0 Å². The molecule has 1 atom stereocenters. The Labute approximate surface area is 136 Å². The van der Waals surface area contributed by atoms with E-state index in [1.54, 1.807) is 4.90 Å². The van der Waals surface area contributed by atoms with Gasteiger partial charge in [0.1, 0.15) is 0 Å². The van der Waals surface area contributed by atoms with Gasteiger partial charge in [-0.1, -0.05) is 18.2 Å². The van der Waals surface area contributed by atoms with Crippen molar-refractivity contribution in [2.75, 3.05) is 19.3 Å². The smallest absolute Gasteiger partial charge is 0.256 e. The van der Waals surface area contributed by atoms with Crippen LogP contribution in [0.15, 0.2) is 30.5 Å². The number of para-hydroxylation sites is 1. The molecule has 124 valence electrons. The van der Waals surface area contributed by atoms with Crippen LogP contribution in [-0.2, 0) is 17.1 Å². The number of aromatic nitrogens is 1. The molecule has 1 aromatic carbocycles. The number of amides is 1. The van der Waals surface area contributed by atoms with E-state index in [0.29, 0.717) is 18.7 Å². The second-order valence-corrected chi connectivity index (χ2v) is 7.93. The van der Waals surface area contributed by atoms with Gasteiger partial charge in [0.15, 0.2) is 0 Å². The van der Waals surface area contributed by atoms with Crippen molar-refractivity contribution in [3.05, 3.63) is 36.0 Å². The summed E-state index contributed by atoms with van der Waals surface area (Å²) in [6, 6.07) is 7.58. The Kier molecular flexibility index (Phi) is 4.16. The van der Waals surface area contributed by atoms with Crippen molar-refractivity contribution >= 4 is 26.8 Å². The molecular weight excluding hydrogens is 314 g/mol. The molecule has 1 amide bonds. The predicted octanol–water partition coefficient (Wildman–Crippen LogP) is 1.33. The van der Waals surface area contributed by atoms with E-state index in [4.69, 9.17) is 0 Å². The summed E-state index contributed by atoms with van der Waals surface area (Å²) in [5.41, 5.74) is 1.68. The van der Waals surface area contributed by atoms with Gasteiger partial charge in [-0.15, -0.1) is 0 Å². The Morgan fingerprint density at radius 3 is 2.78 bits per heavy atom. The van der Waals surface area contributed by atoms with Gasteiger partial charge in [-0.3, -0.25) is 4.79 Å². The van der Waals surface area contributed by atoms with Crippen molar-refractivity contribution in [2.45, 2.75) is 18.9 Å². The van der Waals surface area contributed by atoms with E-state index in [1.807, 2.05) is 42.1 Å². The molecule has 3 rings (SSSR count). The molecule has 1 N–H and O–H groups in total. The molecular formula is C16H21N3O3S. The van der Waals surface area contributed by atoms with Gasteiger partial charge < -0.3 is 9.47 Å². The number of hydrogen-bond donors (Lipinski definition) is 1. The minimum Gasteiger partial charge on any atom is -0.350 e. The van der Waals surface area contributed by atoms with Crippen molar-refractivity contribution < 1.29 is 13.2 Å². The van der Waals surface area contributed by atoms with E-state index >= 15 is 0 Å². The summed E-state index contributed by atoms with van der Waals surface area (Å²) in [6.07, 6.45) is 4.55. The molecule has 23 heavy (non-hydrogen) atoms. The first-order valence-electron chi connectivity index (χ1n) is 7.66. The summed E-state index contributed by atoms with van der Waals surface area (Å²) < 4.78 is 27.4. The number of fused-ring (bicyclic) bond motifs is 1. The predicted molar refractivity (Wildman–Crippen MR) is 89.8 cm³/mol. The third kappa shape index (κ3) is 3.40. The lowest BCUT2D eigenvalue weighted by molar-refractivity contribution is 0.0705. The molecule has 1 aliphatic rings. The molecule has 2 aromatic rings. The number of hydrogen-bond acceptors (Lipinski definition) is 3. The normalized spacial score (nSPS) is 19.2. The minimum absolute atomic E-state index is 0.0400. The molecule has 7 heteroatoms. The molecule has 1 fully saturated rings. The first kappa shape index (κ1) is 16.0. The highest BCUT2D eigenvalue weighted by Gasteiger charge is 2.27. The highest BCUT2D eigenvalue weighted by atomic mass is 32.2. The molecule has 0 radical (unpaired) electrons. The average Bonchev–Trinajstić information content (AvgIpc) is 2.83. The lowest BCUT2D eigenvalue weighted by Crippen LogP contribution is -2.49. The quantitative estimate of drug-likeness (QED) is 0.920. The van der Waals surface area contributed by atoms with Crippen LogP contribution >= 0.6 is 0 Å². The van der Waals surface area contributed by atoms with Gasteiger partial charge in [0.2, 0.25) is 10.0 Å². The maximum Gasteiger partial charge on any atom is 0.256 e. The Morgan fingerprint density at radius 2 is 2.04 bits per heavy atom. The number of carbonyl (C=O) groups excluding carboxylic acids is 1. The summed E-state index contributed by atoms with van der Waals surface area (Å²) in [5.74, 6) is -0.0400. The van der Waals surface area contributed by atoms with Crippen LogP contribution in [0.5, 0.6) is 0 Å². The first-order chi connectivity index (χ1) is 10.8. The number of sulfonamides is 1. The Morgan fingerprint density at radius 1 is 1.30 bits per heavy atom. The number of aryl methyl sites for hydroxylation is 1. The van der Waals surface area contributed by atoms with Gasteiger partial charge in [-0.2, -0.15) is 0 Å². The number of piperidine rings is 1. The lowest BCUT2D eigenvalue weighted by atomic mass is 10.1. The highest BCUT2D eigenvalue weighted by Crippen LogP contribution is 2.23. The maximum atomic E-state index is 12.9. The number of benzene rings is 1. The van der Waals surface area contributed by atoms with Gasteiger partial charge >= 0.3 is 0 Å². The molecule has 1 aromatic heterocycles. The van der Waals surface area contributed by atoms with Crippen LogP contribution in [0, 0.1) is 0 Å². The van der Waals surface area contributed by atoms with Crippen molar-refractivity contribution in [3.63, 3.8) is 0 Å². The molecule has 0 spiro atoms. The Balaban J connectivity index is 1.84. The zero-order valence-electron chi connectivity index (χ0n) is 13.3. The maximum absolute atomic E-state index is 12.9. The number of nitrogens with zero attached hydrogens (tertiary/aromatic N) is 2. The van der Waals surface area contributed by atoms with Gasteiger partial charge in [-0.05, 0) is 18.9 Å².